The van der Waals surface area contributed by atoms with E-state index in [1.54, 1.807) is 12.1 Å². The van der Waals surface area contributed by atoms with Gasteiger partial charge in [-0.2, -0.15) is 5.10 Å². The average Bonchev–Trinajstić information content (AvgIpc) is 3.10. The first-order chi connectivity index (χ1) is 10.8. The molecule has 0 atom stereocenters. The third-order valence-corrected chi connectivity index (χ3v) is 3.74. The minimum absolute atomic E-state index is 0.273. The predicted octanol–water partition coefficient (Wildman–Crippen LogP) is 3.80. The van der Waals surface area contributed by atoms with E-state index in [4.69, 9.17) is 4.42 Å². The van der Waals surface area contributed by atoms with Crippen molar-refractivity contribution in [3.63, 3.8) is 0 Å². The Labute approximate surface area is 127 Å². The van der Waals surface area contributed by atoms with Crippen LogP contribution in [0.25, 0.3) is 11.3 Å². The first-order valence-corrected chi connectivity index (χ1v) is 7.31. The molecule has 0 aliphatic heterocycles. The Morgan fingerprint density at radius 3 is 2.77 bits per heavy atom. The van der Waals surface area contributed by atoms with Crippen LogP contribution >= 0.6 is 0 Å². The number of H-pyrrole nitrogens is 1. The van der Waals surface area contributed by atoms with Gasteiger partial charge in [-0.25, -0.2) is 0 Å². The van der Waals surface area contributed by atoms with E-state index in [-0.39, 0.29) is 11.7 Å². The second kappa shape index (κ2) is 5.18. The van der Waals surface area contributed by atoms with E-state index in [2.05, 4.69) is 15.5 Å². The molecular weight excluding hydrogens is 278 g/mol. The van der Waals surface area contributed by atoms with Gasteiger partial charge in [-0.3, -0.25) is 9.89 Å². The fourth-order valence-electron chi connectivity index (χ4n) is 2.40. The Hall–Kier alpha value is -2.82. The van der Waals surface area contributed by atoms with Crippen molar-refractivity contribution in [3.8, 4) is 11.3 Å². The molecule has 5 heteroatoms. The minimum Gasteiger partial charge on any atom is -0.451 e. The van der Waals surface area contributed by atoms with E-state index in [1.165, 1.54) is 12.8 Å². The van der Waals surface area contributed by atoms with Gasteiger partial charge in [-0.15, -0.1) is 0 Å². The smallest absolute Gasteiger partial charge is 0.292 e. The van der Waals surface area contributed by atoms with Crippen LogP contribution in [-0.4, -0.2) is 16.1 Å². The molecule has 1 aromatic carbocycles. The van der Waals surface area contributed by atoms with Crippen molar-refractivity contribution in [3.05, 3.63) is 60.0 Å². The fourth-order valence-corrected chi connectivity index (χ4v) is 2.40. The first kappa shape index (κ1) is 12.9. The summed E-state index contributed by atoms with van der Waals surface area (Å²) in [6, 6.07) is 15.0. The first-order valence-electron chi connectivity index (χ1n) is 7.31. The van der Waals surface area contributed by atoms with Crippen LogP contribution < -0.4 is 5.32 Å². The molecule has 1 aliphatic rings. The summed E-state index contributed by atoms with van der Waals surface area (Å²) in [5.41, 5.74) is 2.03. The number of carbonyl (C=O) groups excluding carboxylic acids is 1. The molecule has 2 N–H and O–H groups in total. The Morgan fingerprint density at radius 2 is 2.00 bits per heavy atom. The van der Waals surface area contributed by atoms with Crippen LogP contribution in [0, 0.1) is 0 Å². The van der Waals surface area contributed by atoms with Gasteiger partial charge in [0.05, 0.1) is 0 Å². The zero-order chi connectivity index (χ0) is 14.9. The van der Waals surface area contributed by atoms with E-state index in [9.17, 15) is 4.79 Å². The summed E-state index contributed by atoms with van der Waals surface area (Å²) < 4.78 is 5.62. The Balaban J connectivity index is 1.49. The van der Waals surface area contributed by atoms with Crippen LogP contribution in [0.4, 0.5) is 5.82 Å². The molecule has 22 heavy (non-hydrogen) atoms. The molecule has 1 amide bonds. The average molecular weight is 293 g/mol. The van der Waals surface area contributed by atoms with Gasteiger partial charge >= 0.3 is 0 Å². The lowest BCUT2D eigenvalue weighted by atomic mass is 10.2. The lowest BCUT2D eigenvalue weighted by Crippen LogP contribution is -2.11. The summed E-state index contributed by atoms with van der Waals surface area (Å²) >= 11 is 0. The number of carbonyl (C=O) groups is 1. The largest absolute Gasteiger partial charge is 0.451 e. The Bertz CT molecular complexity index is 800. The summed E-state index contributed by atoms with van der Waals surface area (Å²) in [4.78, 5) is 12.2. The second-order valence-electron chi connectivity index (χ2n) is 5.47. The molecule has 0 bridgehead atoms. The zero-order valence-electron chi connectivity index (χ0n) is 11.9. The van der Waals surface area contributed by atoms with Crippen molar-refractivity contribution in [2.75, 3.05) is 5.32 Å². The van der Waals surface area contributed by atoms with Gasteiger partial charge < -0.3 is 9.73 Å². The van der Waals surface area contributed by atoms with Crippen molar-refractivity contribution in [2.24, 2.45) is 0 Å². The number of nitrogens with zero attached hydrogens (tertiary/aromatic N) is 1. The molecular formula is C17H15N3O2. The monoisotopic (exact) mass is 293 g/mol. The van der Waals surface area contributed by atoms with Gasteiger partial charge in [-0.05, 0) is 25.0 Å². The van der Waals surface area contributed by atoms with Crippen LogP contribution in [0.1, 0.15) is 35.0 Å². The summed E-state index contributed by atoms with van der Waals surface area (Å²) in [6.45, 7) is 0. The maximum atomic E-state index is 12.2. The van der Waals surface area contributed by atoms with Gasteiger partial charge in [0, 0.05) is 23.2 Å². The van der Waals surface area contributed by atoms with Gasteiger partial charge in [0.1, 0.15) is 5.76 Å². The molecule has 0 radical (unpaired) electrons. The van der Waals surface area contributed by atoms with Gasteiger partial charge in [0.25, 0.3) is 5.91 Å². The van der Waals surface area contributed by atoms with Gasteiger partial charge in [0.15, 0.2) is 11.6 Å². The molecule has 0 saturated heterocycles. The third-order valence-electron chi connectivity index (χ3n) is 3.74. The molecule has 0 unspecified atom stereocenters. The van der Waals surface area contributed by atoms with Crippen molar-refractivity contribution < 1.29 is 9.21 Å². The highest BCUT2D eigenvalue weighted by molar-refractivity contribution is 6.02. The fraction of sp³-hybridized carbons (Fsp3) is 0.176. The minimum atomic E-state index is -0.295. The molecule has 2 heterocycles. The highest BCUT2D eigenvalue weighted by Gasteiger charge is 2.26. The van der Waals surface area contributed by atoms with E-state index in [0.717, 1.165) is 11.3 Å². The molecule has 0 spiro atoms. The zero-order valence-corrected chi connectivity index (χ0v) is 11.9. The third kappa shape index (κ3) is 2.53. The maximum Gasteiger partial charge on any atom is 0.292 e. The highest BCUT2D eigenvalue weighted by atomic mass is 16.3. The lowest BCUT2D eigenvalue weighted by Gasteiger charge is -1.98. The molecule has 1 saturated carbocycles. The van der Waals surface area contributed by atoms with Crippen molar-refractivity contribution in [1.82, 2.24) is 10.2 Å². The number of furan rings is 1. The number of aromatic nitrogens is 2. The Kier molecular flexibility index (Phi) is 3.04. The van der Waals surface area contributed by atoms with Crippen molar-refractivity contribution >= 4 is 11.7 Å². The summed E-state index contributed by atoms with van der Waals surface area (Å²) in [5.74, 6) is 1.76. The van der Waals surface area contributed by atoms with Gasteiger partial charge in [-0.1, -0.05) is 30.3 Å². The number of anilines is 1. The van der Waals surface area contributed by atoms with Crippen LogP contribution in [0.3, 0.4) is 0 Å². The Morgan fingerprint density at radius 1 is 1.18 bits per heavy atom. The quantitative estimate of drug-likeness (QED) is 0.768. The summed E-state index contributed by atoms with van der Waals surface area (Å²) in [6.07, 6.45) is 2.38. The predicted molar refractivity (Wildman–Crippen MR) is 82.7 cm³/mol. The molecule has 1 fully saturated rings. The van der Waals surface area contributed by atoms with Crippen LogP contribution in [0.5, 0.6) is 0 Å². The lowest BCUT2D eigenvalue weighted by molar-refractivity contribution is 0.0997. The SMILES string of the molecule is O=C(Nc1cc(C2CC2)[nH]n1)c1ccc(-c2ccccc2)o1. The molecule has 110 valence electrons. The number of hydrogen-bond acceptors (Lipinski definition) is 3. The maximum absolute atomic E-state index is 12.2. The molecule has 1 aliphatic carbocycles. The summed E-state index contributed by atoms with van der Waals surface area (Å²) in [7, 11) is 0. The number of nitrogens with one attached hydrogen (secondary N) is 2. The van der Waals surface area contributed by atoms with E-state index < -0.39 is 0 Å². The van der Waals surface area contributed by atoms with Gasteiger partial charge in [0.2, 0.25) is 0 Å². The second-order valence-corrected chi connectivity index (χ2v) is 5.47. The number of hydrogen-bond donors (Lipinski definition) is 2. The molecule has 3 aromatic rings. The summed E-state index contributed by atoms with van der Waals surface area (Å²) in [5, 5.41) is 9.82. The van der Waals surface area contributed by atoms with Crippen molar-refractivity contribution in [2.45, 2.75) is 18.8 Å². The number of benzene rings is 1. The number of aromatic amines is 1. The number of amides is 1. The van der Waals surface area contributed by atoms with Crippen LogP contribution in [0.2, 0.25) is 0 Å². The van der Waals surface area contributed by atoms with Crippen molar-refractivity contribution in [1.29, 1.82) is 0 Å². The van der Waals surface area contributed by atoms with Crippen LogP contribution in [-0.2, 0) is 0 Å². The topological polar surface area (TPSA) is 70.9 Å². The molecule has 2 aromatic heterocycles. The van der Waals surface area contributed by atoms with E-state index >= 15 is 0 Å². The standard InChI is InChI=1S/C17H15N3O2/c21-17(18-16-10-13(19-20-16)11-6-7-11)15-9-8-14(22-15)12-4-2-1-3-5-12/h1-5,8-11H,6-7H2,(H2,18,19,20,21). The normalized spacial score (nSPS) is 14.0. The number of rotatable bonds is 4. The molecule has 5 nitrogen and oxygen atoms in total. The van der Waals surface area contributed by atoms with E-state index in [0.29, 0.717) is 17.5 Å². The highest BCUT2D eigenvalue weighted by Crippen LogP contribution is 2.39. The molecule has 4 rings (SSSR count). The van der Waals surface area contributed by atoms with Crippen LogP contribution in [0.15, 0.2) is 52.9 Å². The van der Waals surface area contributed by atoms with E-state index in [1.807, 2.05) is 36.4 Å².